The molecule has 1 rings (SSSR count). The molecule has 0 aliphatic carbocycles. The van der Waals surface area contributed by atoms with Crippen LogP contribution in [0.25, 0.3) is 0 Å². The van der Waals surface area contributed by atoms with Gasteiger partial charge in [0, 0.05) is 6.42 Å². The molecule has 1 aromatic carbocycles. The lowest BCUT2D eigenvalue weighted by Crippen LogP contribution is -2.10. The topological polar surface area (TPSA) is 63.3 Å². The van der Waals surface area contributed by atoms with Crippen molar-refractivity contribution in [2.75, 3.05) is 6.54 Å². The predicted molar refractivity (Wildman–Crippen MR) is 55.6 cm³/mol. The summed E-state index contributed by atoms with van der Waals surface area (Å²) in [5, 5.41) is 9.71. The number of benzene rings is 1. The molecule has 0 aromatic heterocycles. The van der Waals surface area contributed by atoms with Crippen molar-refractivity contribution < 1.29 is 9.90 Å². The molecular formula is C11H15NO2. The molecule has 0 amide bonds. The molecule has 0 spiro atoms. The number of aromatic hydroxyl groups is 1. The van der Waals surface area contributed by atoms with Crippen LogP contribution in [0, 0.1) is 13.8 Å². The second-order valence-corrected chi connectivity index (χ2v) is 3.38. The first-order chi connectivity index (χ1) is 6.57. The van der Waals surface area contributed by atoms with Gasteiger partial charge in [-0.05, 0) is 31.5 Å². The molecule has 1 aromatic rings. The van der Waals surface area contributed by atoms with Gasteiger partial charge in [-0.15, -0.1) is 0 Å². The van der Waals surface area contributed by atoms with E-state index in [1.54, 1.807) is 13.0 Å². The standard InChI is InChI=1S/C11H15NO2/c1-7-3-4-8(2)11(14)10(7)9(13)5-6-12/h3-4,14H,5-6,12H2,1-2H3. The molecule has 0 aliphatic heterocycles. The number of rotatable bonds is 3. The lowest BCUT2D eigenvalue weighted by molar-refractivity contribution is 0.0982. The van der Waals surface area contributed by atoms with E-state index >= 15 is 0 Å². The smallest absolute Gasteiger partial charge is 0.168 e. The Morgan fingerprint density at radius 2 is 1.93 bits per heavy atom. The van der Waals surface area contributed by atoms with Gasteiger partial charge in [0.15, 0.2) is 5.78 Å². The summed E-state index contributed by atoms with van der Waals surface area (Å²) in [6.07, 6.45) is 0.276. The average Bonchev–Trinajstić information content (AvgIpc) is 2.13. The highest BCUT2D eigenvalue weighted by Crippen LogP contribution is 2.26. The minimum absolute atomic E-state index is 0.0865. The normalized spacial score (nSPS) is 10.2. The first-order valence-corrected chi connectivity index (χ1v) is 4.60. The minimum Gasteiger partial charge on any atom is -0.507 e. The van der Waals surface area contributed by atoms with Crippen LogP contribution in [0.5, 0.6) is 5.75 Å². The number of phenols is 1. The van der Waals surface area contributed by atoms with Crippen LogP contribution in [0.2, 0.25) is 0 Å². The maximum atomic E-state index is 11.6. The van der Waals surface area contributed by atoms with E-state index in [4.69, 9.17) is 5.73 Å². The Kier molecular flexibility index (Phi) is 3.25. The van der Waals surface area contributed by atoms with E-state index < -0.39 is 0 Å². The maximum Gasteiger partial charge on any atom is 0.168 e. The number of hydrogen-bond donors (Lipinski definition) is 2. The number of hydrogen-bond acceptors (Lipinski definition) is 3. The summed E-state index contributed by atoms with van der Waals surface area (Å²) in [6.45, 7) is 3.89. The van der Waals surface area contributed by atoms with Crippen LogP contribution < -0.4 is 5.73 Å². The largest absolute Gasteiger partial charge is 0.507 e. The summed E-state index contributed by atoms with van der Waals surface area (Å²) in [4.78, 5) is 11.6. The molecule has 0 radical (unpaired) electrons. The van der Waals surface area contributed by atoms with Gasteiger partial charge in [0.25, 0.3) is 0 Å². The Balaban J connectivity index is 3.18. The van der Waals surface area contributed by atoms with Crippen LogP contribution in [0.1, 0.15) is 27.9 Å². The van der Waals surface area contributed by atoms with Gasteiger partial charge in [-0.25, -0.2) is 0 Å². The molecule has 0 unspecified atom stereocenters. The van der Waals surface area contributed by atoms with E-state index in [2.05, 4.69) is 0 Å². The lowest BCUT2D eigenvalue weighted by Gasteiger charge is -2.08. The molecule has 0 heterocycles. The third-order valence-corrected chi connectivity index (χ3v) is 2.24. The van der Waals surface area contributed by atoms with E-state index in [1.165, 1.54) is 0 Å². The van der Waals surface area contributed by atoms with Crippen molar-refractivity contribution in [3.63, 3.8) is 0 Å². The molecule has 0 aliphatic rings. The number of nitrogens with two attached hydrogens (primary N) is 1. The fourth-order valence-electron chi connectivity index (χ4n) is 1.40. The average molecular weight is 193 g/mol. The second kappa shape index (κ2) is 4.24. The highest BCUT2D eigenvalue weighted by molar-refractivity contribution is 6.00. The second-order valence-electron chi connectivity index (χ2n) is 3.38. The molecule has 0 bridgehead atoms. The zero-order valence-corrected chi connectivity index (χ0v) is 8.50. The zero-order chi connectivity index (χ0) is 10.7. The van der Waals surface area contributed by atoms with Gasteiger partial charge in [-0.2, -0.15) is 0 Å². The first-order valence-electron chi connectivity index (χ1n) is 4.60. The highest BCUT2D eigenvalue weighted by atomic mass is 16.3. The Morgan fingerprint density at radius 1 is 1.36 bits per heavy atom. The molecular weight excluding hydrogens is 178 g/mol. The van der Waals surface area contributed by atoms with Crippen molar-refractivity contribution in [1.29, 1.82) is 0 Å². The fraction of sp³-hybridized carbons (Fsp3) is 0.364. The summed E-state index contributed by atoms with van der Waals surface area (Å²) < 4.78 is 0. The van der Waals surface area contributed by atoms with E-state index in [-0.39, 0.29) is 18.0 Å². The van der Waals surface area contributed by atoms with Crippen LogP contribution in [0.4, 0.5) is 0 Å². The van der Waals surface area contributed by atoms with Crippen molar-refractivity contribution in [3.8, 4) is 5.75 Å². The van der Waals surface area contributed by atoms with Gasteiger partial charge in [-0.3, -0.25) is 4.79 Å². The fourth-order valence-corrected chi connectivity index (χ4v) is 1.40. The Labute approximate surface area is 83.6 Å². The summed E-state index contributed by atoms with van der Waals surface area (Å²) >= 11 is 0. The molecule has 14 heavy (non-hydrogen) atoms. The number of Topliss-reactive ketones (excluding diaryl/α,β-unsaturated/α-hetero) is 1. The summed E-state index contributed by atoms with van der Waals surface area (Å²) in [6, 6.07) is 3.63. The van der Waals surface area contributed by atoms with Crippen molar-refractivity contribution in [1.82, 2.24) is 0 Å². The first kappa shape index (κ1) is 10.7. The molecule has 0 saturated heterocycles. The van der Waals surface area contributed by atoms with Gasteiger partial charge in [-0.1, -0.05) is 12.1 Å². The van der Waals surface area contributed by atoms with Gasteiger partial charge < -0.3 is 10.8 Å². The van der Waals surface area contributed by atoms with Crippen molar-refractivity contribution in [2.45, 2.75) is 20.3 Å². The number of aryl methyl sites for hydroxylation is 2. The van der Waals surface area contributed by atoms with E-state index in [1.807, 2.05) is 13.0 Å². The van der Waals surface area contributed by atoms with Crippen LogP contribution in [0.15, 0.2) is 12.1 Å². The van der Waals surface area contributed by atoms with Crippen molar-refractivity contribution in [3.05, 3.63) is 28.8 Å². The molecule has 0 atom stereocenters. The van der Waals surface area contributed by atoms with Gasteiger partial charge >= 0.3 is 0 Å². The van der Waals surface area contributed by atoms with Crippen LogP contribution in [-0.4, -0.2) is 17.4 Å². The van der Waals surface area contributed by atoms with Crippen molar-refractivity contribution in [2.24, 2.45) is 5.73 Å². The van der Waals surface area contributed by atoms with Crippen LogP contribution in [0.3, 0.4) is 0 Å². The third-order valence-electron chi connectivity index (χ3n) is 2.24. The van der Waals surface area contributed by atoms with Gasteiger partial charge in [0.1, 0.15) is 5.75 Å². The van der Waals surface area contributed by atoms with E-state index in [9.17, 15) is 9.90 Å². The molecule has 3 N–H and O–H groups in total. The van der Waals surface area contributed by atoms with Crippen LogP contribution >= 0.6 is 0 Å². The van der Waals surface area contributed by atoms with Crippen molar-refractivity contribution >= 4 is 5.78 Å². The van der Waals surface area contributed by atoms with E-state index in [0.29, 0.717) is 12.1 Å². The number of ketones is 1. The third kappa shape index (κ3) is 1.93. The molecule has 3 nitrogen and oxygen atoms in total. The van der Waals surface area contributed by atoms with Gasteiger partial charge in [0.2, 0.25) is 0 Å². The summed E-state index contributed by atoms with van der Waals surface area (Å²) in [7, 11) is 0. The molecule has 3 heteroatoms. The molecule has 76 valence electrons. The lowest BCUT2D eigenvalue weighted by atomic mass is 9.99. The maximum absolute atomic E-state index is 11.6. The van der Waals surface area contributed by atoms with E-state index in [0.717, 1.165) is 11.1 Å². The minimum atomic E-state index is -0.0915. The van der Waals surface area contributed by atoms with Crippen LogP contribution in [-0.2, 0) is 0 Å². The quantitative estimate of drug-likeness (QED) is 0.716. The zero-order valence-electron chi connectivity index (χ0n) is 8.50. The predicted octanol–water partition coefficient (Wildman–Crippen LogP) is 1.54. The van der Waals surface area contributed by atoms with Gasteiger partial charge in [0.05, 0.1) is 5.56 Å². The monoisotopic (exact) mass is 193 g/mol. The Morgan fingerprint density at radius 3 is 2.50 bits per heavy atom. The highest BCUT2D eigenvalue weighted by Gasteiger charge is 2.14. The summed E-state index contributed by atoms with van der Waals surface area (Å²) in [5.41, 5.74) is 7.23. The SMILES string of the molecule is Cc1ccc(C)c(C(=O)CCN)c1O. The summed E-state index contributed by atoms with van der Waals surface area (Å²) in [5.74, 6) is -0.00495. The number of carbonyl (C=O) groups excluding carboxylic acids is 1. The molecule has 0 saturated carbocycles. The number of carbonyl (C=O) groups is 1. The Bertz CT molecular complexity index is 359. The molecule has 0 fully saturated rings. The number of phenolic OH excluding ortho intramolecular Hbond substituents is 1. The Hall–Kier alpha value is -1.35.